The SMILES string of the molecule is O=C(O)[C@@H]1CN(C(=O)NCc2cnn3ccccc23)C[C@H]1C(F)(F)F. The molecule has 0 aliphatic carbocycles. The fourth-order valence-corrected chi connectivity index (χ4v) is 2.96. The Morgan fingerprint density at radius 2 is 2.08 bits per heavy atom. The molecule has 7 nitrogen and oxygen atoms in total. The van der Waals surface area contributed by atoms with Crippen molar-refractivity contribution in [2.75, 3.05) is 13.1 Å². The van der Waals surface area contributed by atoms with Gasteiger partial charge in [0.15, 0.2) is 0 Å². The second kappa shape index (κ2) is 6.26. The number of hydrogen-bond donors (Lipinski definition) is 2. The number of alkyl halides is 3. The second-order valence-corrected chi connectivity index (χ2v) is 5.86. The van der Waals surface area contributed by atoms with Gasteiger partial charge in [-0.1, -0.05) is 6.07 Å². The van der Waals surface area contributed by atoms with E-state index < -0.39 is 43.1 Å². The zero-order valence-corrected chi connectivity index (χ0v) is 12.9. The van der Waals surface area contributed by atoms with Gasteiger partial charge in [-0.15, -0.1) is 0 Å². The highest BCUT2D eigenvalue weighted by Crippen LogP contribution is 2.37. The Morgan fingerprint density at radius 3 is 2.72 bits per heavy atom. The van der Waals surface area contributed by atoms with Gasteiger partial charge in [0, 0.05) is 31.4 Å². The molecule has 10 heteroatoms. The number of carboxylic acid groups (broad SMARTS) is 1. The van der Waals surface area contributed by atoms with E-state index in [0.29, 0.717) is 5.56 Å². The van der Waals surface area contributed by atoms with Crippen LogP contribution in [0.2, 0.25) is 0 Å². The van der Waals surface area contributed by atoms with Gasteiger partial charge < -0.3 is 15.3 Å². The van der Waals surface area contributed by atoms with Gasteiger partial charge in [-0.05, 0) is 12.1 Å². The van der Waals surface area contributed by atoms with Crippen molar-refractivity contribution < 1.29 is 27.9 Å². The largest absolute Gasteiger partial charge is 0.481 e. The standard InChI is InChI=1S/C15H15F3N4O3/c16-15(17,18)11-8-21(7-10(11)13(23)24)14(25)19-5-9-6-20-22-4-2-1-3-12(9)22/h1-4,6,10-11H,5,7-8H2,(H,19,25)(H,23,24)/t10-,11-/m1/s1. The zero-order valence-electron chi connectivity index (χ0n) is 12.9. The number of carbonyl (C=O) groups is 2. The molecule has 1 saturated heterocycles. The number of rotatable bonds is 3. The van der Waals surface area contributed by atoms with E-state index in [1.807, 2.05) is 0 Å². The highest BCUT2D eigenvalue weighted by Gasteiger charge is 2.53. The third kappa shape index (κ3) is 3.37. The molecule has 2 aromatic rings. The molecule has 2 amide bonds. The number of fused-ring (bicyclic) bond motifs is 1. The van der Waals surface area contributed by atoms with E-state index in [-0.39, 0.29) is 6.54 Å². The number of hydrogen-bond acceptors (Lipinski definition) is 3. The topological polar surface area (TPSA) is 86.9 Å². The van der Waals surface area contributed by atoms with Crippen molar-refractivity contribution in [3.63, 3.8) is 0 Å². The minimum absolute atomic E-state index is 0.0806. The lowest BCUT2D eigenvalue weighted by Gasteiger charge is -2.18. The molecular weight excluding hydrogens is 341 g/mol. The van der Waals surface area contributed by atoms with E-state index in [2.05, 4.69) is 10.4 Å². The van der Waals surface area contributed by atoms with Crippen LogP contribution in [0.4, 0.5) is 18.0 Å². The summed E-state index contributed by atoms with van der Waals surface area (Å²) in [6.07, 6.45) is -1.38. The van der Waals surface area contributed by atoms with Crippen LogP contribution in [0.1, 0.15) is 5.56 Å². The number of nitrogens with zero attached hydrogens (tertiary/aromatic N) is 3. The first kappa shape index (κ1) is 17.1. The number of aliphatic carboxylic acids is 1. The Kier molecular flexibility index (Phi) is 4.27. The molecule has 1 aliphatic heterocycles. The van der Waals surface area contributed by atoms with Gasteiger partial charge >= 0.3 is 18.2 Å². The van der Waals surface area contributed by atoms with E-state index in [4.69, 9.17) is 5.11 Å². The van der Waals surface area contributed by atoms with E-state index >= 15 is 0 Å². The van der Waals surface area contributed by atoms with Gasteiger partial charge in [-0.2, -0.15) is 18.3 Å². The Labute approximate surface area is 140 Å². The molecule has 25 heavy (non-hydrogen) atoms. The Morgan fingerprint density at radius 1 is 1.32 bits per heavy atom. The average Bonchev–Trinajstić information content (AvgIpc) is 3.17. The van der Waals surface area contributed by atoms with Crippen LogP contribution in [0, 0.1) is 11.8 Å². The van der Waals surface area contributed by atoms with Gasteiger partial charge in [-0.25, -0.2) is 9.31 Å². The minimum atomic E-state index is -4.67. The monoisotopic (exact) mass is 356 g/mol. The molecule has 2 N–H and O–H groups in total. The Balaban J connectivity index is 1.66. The average molecular weight is 356 g/mol. The summed E-state index contributed by atoms with van der Waals surface area (Å²) in [5.41, 5.74) is 1.47. The Bertz CT molecular complexity index is 805. The number of carbonyl (C=O) groups excluding carboxylic acids is 1. The summed E-state index contributed by atoms with van der Waals surface area (Å²) < 4.78 is 40.5. The second-order valence-electron chi connectivity index (χ2n) is 5.86. The molecule has 0 unspecified atom stereocenters. The molecule has 0 saturated carbocycles. The summed E-state index contributed by atoms with van der Waals surface area (Å²) >= 11 is 0. The first-order valence-corrected chi connectivity index (χ1v) is 7.51. The lowest BCUT2D eigenvalue weighted by Crippen LogP contribution is -2.39. The fourth-order valence-electron chi connectivity index (χ4n) is 2.96. The molecule has 3 heterocycles. The predicted octanol–water partition coefficient (Wildman–Crippen LogP) is 1.74. The fraction of sp³-hybridized carbons (Fsp3) is 0.400. The van der Waals surface area contributed by atoms with Crippen molar-refractivity contribution in [1.29, 1.82) is 0 Å². The molecule has 3 rings (SSSR count). The van der Waals surface area contributed by atoms with Crippen molar-refractivity contribution in [2.24, 2.45) is 11.8 Å². The number of nitrogens with one attached hydrogen (secondary N) is 1. The summed E-state index contributed by atoms with van der Waals surface area (Å²) in [6.45, 7) is -1.06. The maximum Gasteiger partial charge on any atom is 0.394 e. The molecule has 0 spiro atoms. The summed E-state index contributed by atoms with van der Waals surface area (Å²) in [7, 11) is 0. The van der Waals surface area contributed by atoms with Crippen molar-refractivity contribution in [3.05, 3.63) is 36.2 Å². The molecule has 2 aromatic heterocycles. The number of halogens is 3. The molecule has 134 valence electrons. The summed E-state index contributed by atoms with van der Waals surface area (Å²) in [5.74, 6) is -5.27. The molecule has 2 atom stereocenters. The van der Waals surface area contributed by atoms with Crippen molar-refractivity contribution in [1.82, 2.24) is 19.8 Å². The number of urea groups is 1. The van der Waals surface area contributed by atoms with Crippen molar-refractivity contribution >= 4 is 17.5 Å². The lowest BCUT2D eigenvalue weighted by molar-refractivity contribution is -0.187. The van der Waals surface area contributed by atoms with Gasteiger partial charge in [0.05, 0.1) is 23.5 Å². The maximum absolute atomic E-state index is 13.0. The van der Waals surface area contributed by atoms with E-state index in [9.17, 15) is 22.8 Å². The van der Waals surface area contributed by atoms with Gasteiger partial charge in [-0.3, -0.25) is 4.79 Å². The van der Waals surface area contributed by atoms with Crippen LogP contribution in [0.5, 0.6) is 0 Å². The molecule has 1 aliphatic rings. The normalized spacial score (nSPS) is 20.8. The molecular formula is C15H15F3N4O3. The smallest absolute Gasteiger partial charge is 0.394 e. The third-order valence-corrected chi connectivity index (χ3v) is 4.28. The number of carboxylic acids is 1. The van der Waals surface area contributed by atoms with Crippen molar-refractivity contribution in [3.8, 4) is 0 Å². The van der Waals surface area contributed by atoms with Crippen molar-refractivity contribution in [2.45, 2.75) is 12.7 Å². The van der Waals surface area contributed by atoms with E-state index in [0.717, 1.165) is 10.4 Å². The maximum atomic E-state index is 13.0. The molecule has 1 fully saturated rings. The third-order valence-electron chi connectivity index (χ3n) is 4.28. The number of likely N-dealkylation sites (tertiary alicyclic amines) is 1. The summed E-state index contributed by atoms with van der Waals surface area (Å²) in [6, 6.07) is 4.66. The van der Waals surface area contributed by atoms with Crippen LogP contribution < -0.4 is 5.32 Å². The number of pyridine rings is 1. The summed E-state index contributed by atoms with van der Waals surface area (Å²) in [5, 5.41) is 15.6. The lowest BCUT2D eigenvalue weighted by atomic mass is 9.96. The first-order valence-electron chi connectivity index (χ1n) is 7.51. The van der Waals surface area contributed by atoms with Crippen LogP contribution in [-0.4, -0.2) is 50.9 Å². The van der Waals surface area contributed by atoms with Crippen LogP contribution in [0.25, 0.3) is 5.52 Å². The number of aromatic nitrogens is 2. The molecule has 0 radical (unpaired) electrons. The van der Waals surface area contributed by atoms with E-state index in [1.54, 1.807) is 35.1 Å². The molecule has 0 bridgehead atoms. The minimum Gasteiger partial charge on any atom is -0.481 e. The quantitative estimate of drug-likeness (QED) is 0.877. The first-order chi connectivity index (χ1) is 11.8. The van der Waals surface area contributed by atoms with Crippen LogP contribution in [-0.2, 0) is 11.3 Å². The Hall–Kier alpha value is -2.78. The van der Waals surface area contributed by atoms with Crippen LogP contribution in [0.3, 0.4) is 0 Å². The highest BCUT2D eigenvalue weighted by molar-refractivity contribution is 5.78. The summed E-state index contributed by atoms with van der Waals surface area (Å²) in [4.78, 5) is 24.1. The zero-order chi connectivity index (χ0) is 18.2. The molecule has 0 aromatic carbocycles. The van der Waals surface area contributed by atoms with Gasteiger partial charge in [0.25, 0.3) is 0 Å². The van der Waals surface area contributed by atoms with Gasteiger partial charge in [0.2, 0.25) is 0 Å². The van der Waals surface area contributed by atoms with Crippen LogP contribution in [0.15, 0.2) is 30.6 Å². The predicted molar refractivity (Wildman–Crippen MR) is 79.7 cm³/mol. The van der Waals surface area contributed by atoms with E-state index in [1.165, 1.54) is 0 Å². The van der Waals surface area contributed by atoms with Crippen LogP contribution >= 0.6 is 0 Å². The number of amides is 2. The highest BCUT2D eigenvalue weighted by atomic mass is 19.4. The van der Waals surface area contributed by atoms with Gasteiger partial charge in [0.1, 0.15) is 0 Å².